The van der Waals surface area contributed by atoms with Crippen LogP contribution in [0.2, 0.25) is 5.02 Å². The zero-order valence-electron chi connectivity index (χ0n) is 16.7. The van der Waals surface area contributed by atoms with Crippen LogP contribution in [0.25, 0.3) is 11.1 Å². The molecular formula is C22H24ClNO6. The Morgan fingerprint density at radius 1 is 1.23 bits per heavy atom. The molecule has 1 aromatic carbocycles. The van der Waals surface area contributed by atoms with Crippen LogP contribution in [0.3, 0.4) is 0 Å². The largest absolute Gasteiger partial charge is 0.480 e. The first-order valence-electron chi connectivity index (χ1n) is 10.00. The molecule has 3 heterocycles. The van der Waals surface area contributed by atoms with E-state index in [2.05, 4.69) is 0 Å². The van der Waals surface area contributed by atoms with E-state index in [1.807, 2.05) is 25.1 Å². The second-order valence-electron chi connectivity index (χ2n) is 7.74. The zero-order valence-corrected chi connectivity index (χ0v) is 17.4. The van der Waals surface area contributed by atoms with E-state index in [-0.39, 0.29) is 25.2 Å². The van der Waals surface area contributed by atoms with Crippen molar-refractivity contribution in [1.29, 1.82) is 0 Å². The van der Waals surface area contributed by atoms with Crippen LogP contribution in [0.15, 0.2) is 35.3 Å². The van der Waals surface area contributed by atoms with E-state index >= 15 is 0 Å². The van der Waals surface area contributed by atoms with Crippen molar-refractivity contribution in [2.24, 2.45) is 0 Å². The number of pyridine rings is 1. The van der Waals surface area contributed by atoms with Crippen LogP contribution in [0, 0.1) is 0 Å². The number of aromatic nitrogens is 1. The molecule has 0 amide bonds. The van der Waals surface area contributed by atoms with Gasteiger partial charge in [0, 0.05) is 29.3 Å². The summed E-state index contributed by atoms with van der Waals surface area (Å²) in [6.07, 6.45) is 2.05. The Balaban J connectivity index is 1.77. The van der Waals surface area contributed by atoms with Gasteiger partial charge in [0.15, 0.2) is 0 Å². The second-order valence-corrected chi connectivity index (χ2v) is 8.18. The lowest BCUT2D eigenvalue weighted by Crippen LogP contribution is -2.37. The Hall–Kier alpha value is -2.19. The number of nitrogens with zero attached hydrogens (tertiary/aromatic N) is 1. The molecule has 0 saturated carbocycles. The first-order chi connectivity index (χ1) is 14.4. The SMILES string of the molecule is CC1Cc2ccc(Cl)cc2-c2cc(=O)n(C(CC3COCCO3)C(=O)O)cc2CO1. The summed E-state index contributed by atoms with van der Waals surface area (Å²) in [7, 11) is 0. The van der Waals surface area contributed by atoms with Crippen molar-refractivity contribution in [3.63, 3.8) is 0 Å². The van der Waals surface area contributed by atoms with E-state index < -0.39 is 17.6 Å². The molecule has 1 saturated heterocycles. The topological polar surface area (TPSA) is 87.0 Å². The number of benzene rings is 1. The summed E-state index contributed by atoms with van der Waals surface area (Å²) in [5.41, 5.74) is 3.00. The number of hydrogen-bond donors (Lipinski definition) is 1. The van der Waals surface area contributed by atoms with Crippen LogP contribution in [-0.2, 0) is 32.0 Å². The Bertz CT molecular complexity index is 998. The van der Waals surface area contributed by atoms with Gasteiger partial charge in [-0.25, -0.2) is 4.79 Å². The summed E-state index contributed by atoms with van der Waals surface area (Å²) in [6, 6.07) is 6.04. The molecule has 4 rings (SSSR count). The number of aliphatic carboxylic acids is 1. The molecule has 7 nitrogen and oxygen atoms in total. The number of rotatable bonds is 4. The molecule has 2 aromatic rings. The molecule has 2 aliphatic heterocycles. The number of carboxylic acids is 1. The van der Waals surface area contributed by atoms with Crippen LogP contribution in [0.1, 0.15) is 30.5 Å². The molecule has 30 heavy (non-hydrogen) atoms. The highest BCUT2D eigenvalue weighted by Gasteiger charge is 2.28. The van der Waals surface area contributed by atoms with Gasteiger partial charge in [-0.05, 0) is 42.2 Å². The minimum atomic E-state index is -1.09. The van der Waals surface area contributed by atoms with Gasteiger partial charge in [-0.1, -0.05) is 17.7 Å². The number of halogens is 1. The number of hydrogen-bond acceptors (Lipinski definition) is 5. The molecule has 3 atom stereocenters. The number of fused-ring (bicyclic) bond motifs is 3. The quantitative estimate of drug-likeness (QED) is 0.797. The van der Waals surface area contributed by atoms with Gasteiger partial charge in [0.2, 0.25) is 0 Å². The highest BCUT2D eigenvalue weighted by atomic mass is 35.5. The van der Waals surface area contributed by atoms with Gasteiger partial charge in [-0.2, -0.15) is 0 Å². The average Bonchev–Trinajstić information content (AvgIpc) is 2.72. The van der Waals surface area contributed by atoms with E-state index in [0.717, 1.165) is 22.3 Å². The van der Waals surface area contributed by atoms with Crippen molar-refractivity contribution in [3.05, 3.63) is 57.0 Å². The highest BCUT2D eigenvalue weighted by molar-refractivity contribution is 6.30. The smallest absolute Gasteiger partial charge is 0.326 e. The molecule has 160 valence electrons. The first-order valence-corrected chi connectivity index (χ1v) is 10.4. The molecule has 0 bridgehead atoms. The molecule has 0 radical (unpaired) electrons. The number of carbonyl (C=O) groups is 1. The number of ether oxygens (including phenoxy) is 3. The van der Waals surface area contributed by atoms with Gasteiger partial charge in [0.25, 0.3) is 5.56 Å². The fourth-order valence-electron chi connectivity index (χ4n) is 4.03. The minimum Gasteiger partial charge on any atom is -0.480 e. The van der Waals surface area contributed by atoms with E-state index in [0.29, 0.717) is 31.3 Å². The summed E-state index contributed by atoms with van der Waals surface area (Å²) >= 11 is 6.23. The van der Waals surface area contributed by atoms with Crippen LogP contribution < -0.4 is 5.56 Å². The molecule has 1 fully saturated rings. The monoisotopic (exact) mass is 433 g/mol. The third-order valence-corrected chi connectivity index (χ3v) is 5.78. The maximum atomic E-state index is 13.0. The third kappa shape index (κ3) is 4.44. The molecule has 2 aliphatic rings. The van der Waals surface area contributed by atoms with Gasteiger partial charge in [-0.3, -0.25) is 4.79 Å². The summed E-state index contributed by atoms with van der Waals surface area (Å²) < 4.78 is 18.2. The zero-order chi connectivity index (χ0) is 21.3. The standard InChI is InChI=1S/C22H24ClNO6/c1-13-6-14-2-3-16(23)7-18(14)19-9-21(25)24(10-15(19)11-30-13)20(22(26)27)8-17-12-28-4-5-29-17/h2-3,7,9-10,13,17,20H,4-6,8,11-12H2,1H3,(H,26,27). The Morgan fingerprint density at radius 2 is 2.03 bits per heavy atom. The minimum absolute atomic E-state index is 0.0264. The lowest BCUT2D eigenvalue weighted by Gasteiger charge is -2.27. The fourth-order valence-corrected chi connectivity index (χ4v) is 4.21. The molecule has 0 spiro atoms. The van der Waals surface area contributed by atoms with Gasteiger partial charge in [0.05, 0.1) is 38.6 Å². The van der Waals surface area contributed by atoms with Crippen LogP contribution in [0.4, 0.5) is 0 Å². The van der Waals surface area contributed by atoms with Crippen LogP contribution in [-0.4, -0.2) is 47.7 Å². The fraction of sp³-hybridized carbons (Fsp3) is 0.455. The van der Waals surface area contributed by atoms with Crippen molar-refractivity contribution in [2.75, 3.05) is 19.8 Å². The molecule has 1 N–H and O–H groups in total. The van der Waals surface area contributed by atoms with E-state index in [4.69, 9.17) is 25.8 Å². The van der Waals surface area contributed by atoms with Crippen molar-refractivity contribution in [1.82, 2.24) is 4.57 Å². The lowest BCUT2D eigenvalue weighted by molar-refractivity contribution is -0.145. The van der Waals surface area contributed by atoms with Gasteiger partial charge >= 0.3 is 5.97 Å². The number of carboxylic acid groups (broad SMARTS) is 1. The second kappa shape index (κ2) is 8.89. The predicted octanol–water partition coefficient (Wildman–Crippen LogP) is 3.06. The molecule has 3 unspecified atom stereocenters. The van der Waals surface area contributed by atoms with Gasteiger partial charge < -0.3 is 23.9 Å². The molecule has 8 heteroatoms. The summed E-state index contributed by atoms with van der Waals surface area (Å²) in [5.74, 6) is -1.09. The van der Waals surface area contributed by atoms with E-state index in [1.54, 1.807) is 6.20 Å². The molecule has 0 aliphatic carbocycles. The highest BCUT2D eigenvalue weighted by Crippen LogP contribution is 2.33. The molecule has 1 aromatic heterocycles. The summed E-state index contributed by atoms with van der Waals surface area (Å²) in [5, 5.41) is 10.4. The third-order valence-electron chi connectivity index (χ3n) is 5.55. The van der Waals surface area contributed by atoms with E-state index in [9.17, 15) is 14.7 Å². The lowest BCUT2D eigenvalue weighted by atomic mass is 9.92. The normalized spacial score (nSPS) is 22.3. The van der Waals surface area contributed by atoms with Gasteiger partial charge in [0.1, 0.15) is 6.04 Å². The van der Waals surface area contributed by atoms with Crippen molar-refractivity contribution in [3.8, 4) is 11.1 Å². The predicted molar refractivity (Wildman–Crippen MR) is 111 cm³/mol. The van der Waals surface area contributed by atoms with Gasteiger partial charge in [-0.15, -0.1) is 0 Å². The van der Waals surface area contributed by atoms with Crippen molar-refractivity contribution >= 4 is 17.6 Å². The van der Waals surface area contributed by atoms with Crippen molar-refractivity contribution in [2.45, 2.75) is 44.6 Å². The van der Waals surface area contributed by atoms with Crippen molar-refractivity contribution < 1.29 is 24.1 Å². The van der Waals surface area contributed by atoms with Crippen LogP contribution in [0.5, 0.6) is 0 Å². The van der Waals surface area contributed by atoms with E-state index in [1.165, 1.54) is 10.6 Å². The Morgan fingerprint density at radius 3 is 2.77 bits per heavy atom. The average molecular weight is 434 g/mol. The summed E-state index contributed by atoms with van der Waals surface area (Å²) in [4.78, 5) is 25.0. The van der Waals surface area contributed by atoms with Crippen LogP contribution >= 0.6 is 11.6 Å². The maximum Gasteiger partial charge on any atom is 0.326 e. The Kier molecular flexibility index (Phi) is 6.24. The maximum absolute atomic E-state index is 13.0. The first kappa shape index (κ1) is 21.1. The Labute approximate surface area is 179 Å². The summed E-state index contributed by atoms with van der Waals surface area (Å²) in [6.45, 7) is 3.48. The molecular weight excluding hydrogens is 410 g/mol.